The Kier molecular flexibility index (Phi) is 5.39. The molecule has 2 aromatic rings. The predicted molar refractivity (Wildman–Crippen MR) is 116 cm³/mol. The highest BCUT2D eigenvalue weighted by Gasteiger charge is 2.47. The van der Waals surface area contributed by atoms with Crippen molar-refractivity contribution in [3.8, 4) is 0 Å². The van der Waals surface area contributed by atoms with Gasteiger partial charge in [-0.25, -0.2) is 0 Å². The lowest BCUT2D eigenvalue weighted by Crippen LogP contribution is -2.42. The Balaban J connectivity index is 1.45. The van der Waals surface area contributed by atoms with E-state index in [1.807, 2.05) is 31.1 Å². The normalized spacial score (nSPS) is 17.5. The van der Waals surface area contributed by atoms with E-state index >= 15 is 0 Å². The number of rotatable bonds is 6. The second kappa shape index (κ2) is 7.99. The fraction of sp³-hybridized carbons (Fsp3) is 0.318. The first-order chi connectivity index (χ1) is 14.4. The van der Waals surface area contributed by atoms with Crippen LogP contribution in [0.15, 0.2) is 42.5 Å². The Morgan fingerprint density at radius 2 is 1.90 bits per heavy atom. The smallest absolute Gasteiger partial charge is 0.255 e. The minimum Gasteiger partial charge on any atom is -0.376 e. The van der Waals surface area contributed by atoms with Crippen molar-refractivity contribution in [2.45, 2.75) is 24.9 Å². The topological polar surface area (TPSA) is 81.8 Å². The average molecular weight is 427 g/mol. The van der Waals surface area contributed by atoms with E-state index in [1.165, 1.54) is 0 Å². The molecule has 1 aliphatic heterocycles. The summed E-state index contributed by atoms with van der Waals surface area (Å²) in [7, 11) is 3.73. The number of nitrogens with zero attached hydrogens (tertiary/aromatic N) is 2. The third-order valence-electron chi connectivity index (χ3n) is 5.32. The van der Waals surface area contributed by atoms with E-state index in [0.29, 0.717) is 21.8 Å². The number of benzene rings is 2. The molecule has 0 saturated heterocycles. The molecule has 30 heavy (non-hydrogen) atoms. The second-order valence-electron chi connectivity index (χ2n) is 7.76. The molecule has 1 heterocycles. The number of nitrogens with one attached hydrogen (secondary N) is 2. The molecule has 1 atom stereocenters. The molecule has 0 bridgehead atoms. The summed E-state index contributed by atoms with van der Waals surface area (Å²) in [6.45, 7) is -0.205. The van der Waals surface area contributed by atoms with Gasteiger partial charge in [-0.05, 0) is 42.7 Å². The van der Waals surface area contributed by atoms with Crippen molar-refractivity contribution < 1.29 is 14.4 Å². The lowest BCUT2D eigenvalue weighted by molar-refractivity contribution is -0.127. The van der Waals surface area contributed by atoms with Gasteiger partial charge in [0.1, 0.15) is 6.04 Å². The zero-order valence-electron chi connectivity index (χ0n) is 16.8. The maximum absolute atomic E-state index is 13.0. The van der Waals surface area contributed by atoms with Crippen molar-refractivity contribution in [3.63, 3.8) is 0 Å². The van der Waals surface area contributed by atoms with E-state index < -0.39 is 6.04 Å². The van der Waals surface area contributed by atoms with Gasteiger partial charge in [0.25, 0.3) is 5.91 Å². The van der Waals surface area contributed by atoms with Gasteiger partial charge in [0, 0.05) is 30.7 Å². The van der Waals surface area contributed by atoms with E-state index in [-0.39, 0.29) is 30.3 Å². The molecule has 2 aromatic carbocycles. The number of hydrogen-bond donors (Lipinski definition) is 2. The number of hydrogen-bond acceptors (Lipinski definition) is 4. The lowest BCUT2D eigenvalue weighted by Gasteiger charge is -2.24. The van der Waals surface area contributed by atoms with Gasteiger partial charge < -0.3 is 20.4 Å². The van der Waals surface area contributed by atoms with Gasteiger partial charge in [-0.15, -0.1) is 0 Å². The maximum Gasteiger partial charge on any atom is 0.255 e. The Labute approximate surface area is 180 Å². The Morgan fingerprint density at radius 3 is 2.60 bits per heavy atom. The molecule has 156 valence electrons. The third-order valence-corrected chi connectivity index (χ3v) is 5.56. The summed E-state index contributed by atoms with van der Waals surface area (Å²) in [6.07, 6.45) is 1.79. The summed E-state index contributed by atoms with van der Waals surface area (Å²) in [5, 5.41) is 5.98. The minimum atomic E-state index is -0.697. The van der Waals surface area contributed by atoms with Crippen molar-refractivity contribution in [2.75, 3.05) is 30.9 Å². The number of carbonyl (C=O) groups is 3. The van der Waals surface area contributed by atoms with Gasteiger partial charge in [0.05, 0.1) is 17.9 Å². The molecule has 1 fully saturated rings. The molecule has 3 amide bonds. The summed E-state index contributed by atoms with van der Waals surface area (Å²) >= 11 is 6.05. The highest BCUT2D eigenvalue weighted by atomic mass is 35.5. The summed E-state index contributed by atoms with van der Waals surface area (Å²) < 4.78 is 0. The fourth-order valence-electron chi connectivity index (χ4n) is 3.79. The standard InChI is InChI=1S/C22H23ClN4O3/c1-26(2)18-10-7-13(23)11-17(18)25-19(28)12-24-21(29)20-15-5-3-4-6-16(15)22(30)27(20)14-8-9-14/h3-7,10-11,14,20H,8-9,12H2,1-2H3,(H,24,29)(H,25,28). The zero-order valence-corrected chi connectivity index (χ0v) is 17.6. The number of carbonyl (C=O) groups excluding carboxylic acids is 3. The van der Waals surface area contributed by atoms with E-state index in [9.17, 15) is 14.4 Å². The molecule has 7 nitrogen and oxygen atoms in total. The van der Waals surface area contributed by atoms with Crippen LogP contribution >= 0.6 is 11.6 Å². The van der Waals surface area contributed by atoms with Crippen molar-refractivity contribution in [1.29, 1.82) is 0 Å². The zero-order chi connectivity index (χ0) is 21.4. The minimum absolute atomic E-state index is 0.0867. The van der Waals surface area contributed by atoms with Crippen LogP contribution in [-0.2, 0) is 9.59 Å². The summed E-state index contributed by atoms with van der Waals surface area (Å²) in [5.74, 6) is -0.842. The predicted octanol–water partition coefficient (Wildman–Crippen LogP) is 2.82. The van der Waals surface area contributed by atoms with Gasteiger partial charge in [0.2, 0.25) is 11.8 Å². The average Bonchev–Trinajstić information content (AvgIpc) is 3.50. The first kappa shape index (κ1) is 20.2. The fourth-order valence-corrected chi connectivity index (χ4v) is 3.96. The largest absolute Gasteiger partial charge is 0.376 e. The van der Waals surface area contributed by atoms with E-state index in [4.69, 9.17) is 11.6 Å². The number of anilines is 2. The molecule has 1 unspecified atom stereocenters. The monoisotopic (exact) mass is 426 g/mol. The maximum atomic E-state index is 13.0. The van der Waals surface area contributed by atoms with Crippen LogP contribution in [0.5, 0.6) is 0 Å². The van der Waals surface area contributed by atoms with Gasteiger partial charge >= 0.3 is 0 Å². The molecular weight excluding hydrogens is 404 g/mol. The Hall–Kier alpha value is -3.06. The summed E-state index contributed by atoms with van der Waals surface area (Å²) in [5.41, 5.74) is 2.61. The number of fused-ring (bicyclic) bond motifs is 1. The molecule has 2 N–H and O–H groups in total. The molecule has 4 rings (SSSR count). The summed E-state index contributed by atoms with van der Waals surface area (Å²) in [6, 6.07) is 11.8. The van der Waals surface area contributed by atoms with Crippen LogP contribution in [0.3, 0.4) is 0 Å². The Bertz CT molecular complexity index is 1020. The van der Waals surface area contributed by atoms with Crippen LogP contribution in [0.4, 0.5) is 11.4 Å². The molecule has 0 spiro atoms. The van der Waals surface area contributed by atoms with Crippen molar-refractivity contribution in [3.05, 3.63) is 58.6 Å². The first-order valence-electron chi connectivity index (χ1n) is 9.83. The highest BCUT2D eigenvalue weighted by Crippen LogP contribution is 2.41. The van der Waals surface area contributed by atoms with Crippen LogP contribution < -0.4 is 15.5 Å². The van der Waals surface area contributed by atoms with E-state index in [0.717, 1.165) is 18.5 Å². The third kappa shape index (κ3) is 3.85. The number of halogens is 1. The molecule has 8 heteroatoms. The molecule has 0 radical (unpaired) electrons. The van der Waals surface area contributed by atoms with Crippen LogP contribution in [0.2, 0.25) is 5.02 Å². The van der Waals surface area contributed by atoms with Crippen molar-refractivity contribution in [2.24, 2.45) is 0 Å². The van der Waals surface area contributed by atoms with Crippen LogP contribution in [0, 0.1) is 0 Å². The number of amides is 3. The second-order valence-corrected chi connectivity index (χ2v) is 8.19. The van der Waals surface area contributed by atoms with Crippen molar-refractivity contribution >= 4 is 40.7 Å². The Morgan fingerprint density at radius 1 is 1.17 bits per heavy atom. The quantitative estimate of drug-likeness (QED) is 0.744. The van der Waals surface area contributed by atoms with Crippen LogP contribution in [-0.4, -0.2) is 49.3 Å². The van der Waals surface area contributed by atoms with Gasteiger partial charge in [-0.2, -0.15) is 0 Å². The lowest BCUT2D eigenvalue weighted by atomic mass is 10.0. The van der Waals surface area contributed by atoms with E-state index in [1.54, 1.807) is 35.2 Å². The SMILES string of the molecule is CN(C)c1ccc(Cl)cc1NC(=O)CNC(=O)C1c2ccccc2C(=O)N1C1CC1. The molecule has 0 aromatic heterocycles. The summed E-state index contributed by atoms with van der Waals surface area (Å²) in [4.78, 5) is 41.7. The van der Waals surface area contributed by atoms with Gasteiger partial charge in [-0.1, -0.05) is 29.8 Å². The van der Waals surface area contributed by atoms with E-state index in [2.05, 4.69) is 10.6 Å². The first-order valence-corrected chi connectivity index (χ1v) is 10.2. The molecule has 2 aliphatic rings. The molecule has 1 saturated carbocycles. The highest BCUT2D eigenvalue weighted by molar-refractivity contribution is 6.31. The van der Waals surface area contributed by atoms with Gasteiger partial charge in [-0.3, -0.25) is 14.4 Å². The molecular formula is C22H23ClN4O3. The van der Waals surface area contributed by atoms with Crippen LogP contribution in [0.25, 0.3) is 0 Å². The molecule has 1 aliphatic carbocycles. The van der Waals surface area contributed by atoms with Crippen molar-refractivity contribution in [1.82, 2.24) is 10.2 Å². The van der Waals surface area contributed by atoms with Gasteiger partial charge in [0.15, 0.2) is 0 Å². The van der Waals surface area contributed by atoms with Crippen LogP contribution in [0.1, 0.15) is 34.8 Å².